The quantitative estimate of drug-likeness (QED) is 0.367. The van der Waals surface area contributed by atoms with Crippen LogP contribution in [-0.4, -0.2) is 6.69 Å². The van der Waals surface area contributed by atoms with Crippen LogP contribution in [0.25, 0.3) is 0 Å². The first-order valence-electron chi connectivity index (χ1n) is 1.96. The Hall–Kier alpha value is 0.277. The van der Waals surface area contributed by atoms with Crippen molar-refractivity contribution in [2.24, 2.45) is 0 Å². The zero-order chi connectivity index (χ0) is 5.33. The van der Waals surface area contributed by atoms with Crippen molar-refractivity contribution in [1.82, 2.24) is 0 Å². The van der Waals surface area contributed by atoms with E-state index in [0.29, 0.717) is 0 Å². The van der Waals surface area contributed by atoms with Crippen molar-refractivity contribution in [3.63, 3.8) is 0 Å². The Morgan fingerprint density at radius 3 is 1.57 bits per heavy atom. The SMILES string of the molecule is Cl[Si]1(Cl)C=CC=C1. The molecule has 0 amide bonds. The zero-order valence-corrected chi connectivity index (χ0v) is 6.08. The molecular weight excluding hydrogens is 147 g/mol. The third-order valence-corrected chi connectivity index (χ3v) is 3.53. The molecule has 0 spiro atoms. The summed E-state index contributed by atoms with van der Waals surface area (Å²) in [4.78, 5) is 0. The fraction of sp³-hybridized carbons (Fsp3) is 0. The molecule has 0 fully saturated rings. The molecule has 0 bridgehead atoms. The molecule has 0 unspecified atom stereocenters. The lowest BCUT2D eigenvalue weighted by Gasteiger charge is -1.96. The van der Waals surface area contributed by atoms with E-state index in [9.17, 15) is 0 Å². The largest absolute Gasteiger partial charge is 0.296 e. The van der Waals surface area contributed by atoms with Gasteiger partial charge in [0, 0.05) is 0 Å². The molecule has 1 heterocycles. The summed E-state index contributed by atoms with van der Waals surface area (Å²) in [7, 11) is 0. The normalized spacial score (nSPS) is 23.7. The Balaban J connectivity index is 2.77. The van der Waals surface area contributed by atoms with Crippen LogP contribution in [0.3, 0.4) is 0 Å². The van der Waals surface area contributed by atoms with Crippen LogP contribution in [-0.2, 0) is 0 Å². The molecule has 0 nitrogen and oxygen atoms in total. The Morgan fingerprint density at radius 1 is 1.00 bits per heavy atom. The summed E-state index contributed by atoms with van der Waals surface area (Å²) in [5.41, 5.74) is 3.71. The van der Waals surface area contributed by atoms with Gasteiger partial charge in [0.25, 0.3) is 6.69 Å². The lowest BCUT2D eigenvalue weighted by molar-refractivity contribution is 2.15. The molecule has 1 rings (SSSR count). The third kappa shape index (κ3) is 1.33. The monoisotopic (exact) mass is 150 g/mol. The van der Waals surface area contributed by atoms with Crippen LogP contribution in [0.15, 0.2) is 23.6 Å². The van der Waals surface area contributed by atoms with E-state index in [2.05, 4.69) is 0 Å². The van der Waals surface area contributed by atoms with Crippen LogP contribution < -0.4 is 0 Å². The lowest BCUT2D eigenvalue weighted by atomic mass is 10.6. The summed E-state index contributed by atoms with van der Waals surface area (Å²) in [6, 6.07) is 0. The Morgan fingerprint density at radius 2 is 1.43 bits per heavy atom. The van der Waals surface area contributed by atoms with Crippen molar-refractivity contribution < 1.29 is 0 Å². The maximum Gasteiger partial charge on any atom is 0.296 e. The highest BCUT2D eigenvalue weighted by Crippen LogP contribution is 2.21. The fourth-order valence-electron chi connectivity index (χ4n) is 0.423. The molecule has 0 saturated heterocycles. The van der Waals surface area contributed by atoms with E-state index in [4.69, 9.17) is 22.2 Å². The topological polar surface area (TPSA) is 0 Å². The second-order valence-corrected chi connectivity index (χ2v) is 7.74. The maximum absolute atomic E-state index is 5.70. The minimum atomic E-state index is -1.96. The van der Waals surface area contributed by atoms with Gasteiger partial charge in [0.05, 0.1) is 0 Å². The number of hydrogen-bond acceptors (Lipinski definition) is 0. The number of hydrogen-bond donors (Lipinski definition) is 0. The molecule has 1 aliphatic rings. The van der Waals surface area contributed by atoms with Gasteiger partial charge in [-0.15, -0.1) is 22.2 Å². The van der Waals surface area contributed by atoms with Crippen LogP contribution in [0.5, 0.6) is 0 Å². The second kappa shape index (κ2) is 1.65. The van der Waals surface area contributed by atoms with Gasteiger partial charge in [0.1, 0.15) is 0 Å². The standard InChI is InChI=1S/C4H4Cl2Si/c5-7(6)3-1-2-4-7/h1-4H. The van der Waals surface area contributed by atoms with E-state index >= 15 is 0 Å². The van der Waals surface area contributed by atoms with Crippen LogP contribution >= 0.6 is 22.2 Å². The molecule has 0 N–H and O–H groups in total. The average Bonchev–Trinajstić information content (AvgIpc) is 1.84. The van der Waals surface area contributed by atoms with Gasteiger partial charge in [-0.05, 0) is 0 Å². The predicted molar refractivity (Wildman–Crippen MR) is 35.7 cm³/mol. The Bertz CT molecular complexity index is 112. The van der Waals surface area contributed by atoms with Crippen LogP contribution in [0, 0.1) is 0 Å². The molecule has 0 saturated carbocycles. The highest BCUT2D eigenvalue weighted by Gasteiger charge is 2.21. The first-order valence-corrected chi connectivity index (χ1v) is 6.13. The average molecular weight is 151 g/mol. The van der Waals surface area contributed by atoms with Gasteiger partial charge in [0.2, 0.25) is 0 Å². The first-order chi connectivity index (χ1) is 3.21. The smallest absolute Gasteiger partial charge is 0.135 e. The van der Waals surface area contributed by atoms with E-state index in [-0.39, 0.29) is 0 Å². The molecule has 38 valence electrons. The van der Waals surface area contributed by atoms with Crippen LogP contribution in [0.1, 0.15) is 0 Å². The minimum absolute atomic E-state index is 1.86. The van der Waals surface area contributed by atoms with E-state index < -0.39 is 6.69 Å². The number of rotatable bonds is 0. The van der Waals surface area contributed by atoms with Gasteiger partial charge in [-0.1, -0.05) is 23.6 Å². The van der Waals surface area contributed by atoms with Crippen LogP contribution in [0.2, 0.25) is 0 Å². The zero-order valence-electron chi connectivity index (χ0n) is 3.57. The van der Waals surface area contributed by atoms with Gasteiger partial charge in [0.15, 0.2) is 0 Å². The van der Waals surface area contributed by atoms with E-state index in [0.717, 1.165) is 0 Å². The van der Waals surface area contributed by atoms with Crippen LogP contribution in [0.4, 0.5) is 0 Å². The van der Waals surface area contributed by atoms with Crippen molar-refractivity contribution in [1.29, 1.82) is 0 Å². The van der Waals surface area contributed by atoms with Crippen molar-refractivity contribution in [3.05, 3.63) is 23.6 Å². The molecule has 0 atom stereocenters. The first kappa shape index (κ1) is 5.41. The van der Waals surface area contributed by atoms with Crippen molar-refractivity contribution in [2.45, 2.75) is 0 Å². The van der Waals surface area contributed by atoms with Gasteiger partial charge in [-0.25, -0.2) is 0 Å². The third-order valence-electron chi connectivity index (χ3n) is 0.748. The highest BCUT2D eigenvalue weighted by molar-refractivity contribution is 7.50. The molecule has 1 aliphatic heterocycles. The minimum Gasteiger partial charge on any atom is -0.135 e. The van der Waals surface area contributed by atoms with Crippen molar-refractivity contribution >= 4 is 28.9 Å². The fourth-order valence-corrected chi connectivity index (χ4v) is 2.14. The number of halogens is 2. The summed E-state index contributed by atoms with van der Waals surface area (Å²) in [6.07, 6.45) is 3.76. The molecule has 3 heteroatoms. The van der Waals surface area contributed by atoms with Crippen molar-refractivity contribution in [3.8, 4) is 0 Å². The summed E-state index contributed by atoms with van der Waals surface area (Å²) < 4.78 is 0. The summed E-state index contributed by atoms with van der Waals surface area (Å²) in [6.45, 7) is -1.96. The summed E-state index contributed by atoms with van der Waals surface area (Å²) >= 11 is 11.4. The molecule has 0 aromatic heterocycles. The molecule has 0 aromatic carbocycles. The highest BCUT2D eigenvalue weighted by atomic mass is 35.7. The number of allylic oxidation sites excluding steroid dienone is 2. The van der Waals surface area contributed by atoms with Gasteiger partial charge >= 0.3 is 0 Å². The summed E-state index contributed by atoms with van der Waals surface area (Å²) in [5, 5.41) is 0. The predicted octanol–water partition coefficient (Wildman–Crippen LogP) is 2.11. The van der Waals surface area contributed by atoms with Crippen molar-refractivity contribution in [2.75, 3.05) is 0 Å². The second-order valence-electron chi connectivity index (χ2n) is 1.39. The van der Waals surface area contributed by atoms with E-state index in [1.807, 2.05) is 23.6 Å². The molecule has 0 radical (unpaired) electrons. The molecular formula is C4H4Cl2Si. The van der Waals surface area contributed by atoms with Gasteiger partial charge < -0.3 is 0 Å². The van der Waals surface area contributed by atoms with E-state index in [1.54, 1.807) is 0 Å². The Labute approximate surface area is 52.8 Å². The van der Waals surface area contributed by atoms with E-state index in [1.165, 1.54) is 0 Å². The molecule has 0 aliphatic carbocycles. The summed E-state index contributed by atoms with van der Waals surface area (Å²) in [5.74, 6) is 0. The Kier molecular flexibility index (Phi) is 1.28. The lowest BCUT2D eigenvalue weighted by Crippen LogP contribution is -2.07. The molecule has 7 heavy (non-hydrogen) atoms. The van der Waals surface area contributed by atoms with Gasteiger partial charge in [-0.3, -0.25) is 0 Å². The maximum atomic E-state index is 5.70. The molecule has 0 aromatic rings. The van der Waals surface area contributed by atoms with Gasteiger partial charge in [-0.2, -0.15) is 0 Å².